The fraction of sp³-hybridized carbons (Fsp3) is 0.941. The number of hydrogen-bond donors (Lipinski definition) is 1. The van der Waals surface area contributed by atoms with Gasteiger partial charge in [-0.05, 0) is 64.2 Å². The van der Waals surface area contributed by atoms with Crippen LogP contribution in [0.25, 0.3) is 0 Å². The summed E-state index contributed by atoms with van der Waals surface area (Å²) in [5.74, 6) is 2.17. The normalized spacial score (nSPS) is 29.5. The maximum absolute atomic E-state index is 12.1. The molecule has 2 fully saturated rings. The third kappa shape index (κ3) is 5.59. The van der Waals surface area contributed by atoms with Crippen LogP contribution in [-0.2, 0) is 4.79 Å². The van der Waals surface area contributed by atoms with Crippen molar-refractivity contribution in [2.24, 2.45) is 17.8 Å². The first-order valence-corrected chi connectivity index (χ1v) is 8.73. The van der Waals surface area contributed by atoms with Crippen molar-refractivity contribution in [2.75, 3.05) is 46.3 Å². The Balaban J connectivity index is 1.58. The van der Waals surface area contributed by atoms with Gasteiger partial charge < -0.3 is 15.1 Å². The second kappa shape index (κ2) is 8.14. The first kappa shape index (κ1) is 16.8. The van der Waals surface area contributed by atoms with E-state index in [0.717, 1.165) is 57.3 Å². The number of nitrogens with zero attached hydrogens (tertiary/aromatic N) is 2. The van der Waals surface area contributed by atoms with Gasteiger partial charge in [-0.15, -0.1) is 0 Å². The van der Waals surface area contributed by atoms with Crippen LogP contribution in [0.2, 0.25) is 0 Å². The monoisotopic (exact) mass is 295 g/mol. The first-order chi connectivity index (χ1) is 10.0. The van der Waals surface area contributed by atoms with Gasteiger partial charge >= 0.3 is 0 Å². The third-order valence-electron chi connectivity index (χ3n) is 4.98. The molecule has 2 rings (SSSR count). The maximum Gasteiger partial charge on any atom is 0.223 e. The predicted octanol–water partition coefficient (Wildman–Crippen LogP) is 1.81. The van der Waals surface area contributed by atoms with Crippen LogP contribution in [0.1, 0.15) is 39.5 Å². The minimum atomic E-state index is 0.247. The van der Waals surface area contributed by atoms with Gasteiger partial charge in [-0.3, -0.25) is 4.79 Å². The number of amides is 1. The van der Waals surface area contributed by atoms with Crippen LogP contribution in [0, 0.1) is 17.8 Å². The molecule has 2 saturated heterocycles. The van der Waals surface area contributed by atoms with E-state index in [1.165, 1.54) is 19.5 Å². The van der Waals surface area contributed by atoms with Crippen LogP contribution >= 0.6 is 0 Å². The highest BCUT2D eigenvalue weighted by molar-refractivity contribution is 5.78. The molecule has 0 aromatic rings. The van der Waals surface area contributed by atoms with E-state index in [1.807, 2.05) is 0 Å². The zero-order valence-corrected chi connectivity index (χ0v) is 14.1. The van der Waals surface area contributed by atoms with E-state index in [4.69, 9.17) is 0 Å². The Bertz CT molecular complexity index is 316. The van der Waals surface area contributed by atoms with Gasteiger partial charge in [0, 0.05) is 25.6 Å². The van der Waals surface area contributed by atoms with Crippen molar-refractivity contribution in [1.82, 2.24) is 15.1 Å². The van der Waals surface area contributed by atoms with E-state index >= 15 is 0 Å². The van der Waals surface area contributed by atoms with E-state index in [-0.39, 0.29) is 11.8 Å². The summed E-state index contributed by atoms with van der Waals surface area (Å²) in [6.07, 6.45) is 4.48. The summed E-state index contributed by atoms with van der Waals surface area (Å²) in [5, 5.41) is 3.15. The molecule has 1 amide bonds. The molecule has 21 heavy (non-hydrogen) atoms. The van der Waals surface area contributed by atoms with Crippen LogP contribution in [0.4, 0.5) is 0 Å². The molecule has 0 radical (unpaired) electrons. The van der Waals surface area contributed by atoms with E-state index in [9.17, 15) is 4.79 Å². The summed E-state index contributed by atoms with van der Waals surface area (Å²) in [6, 6.07) is 0. The number of nitrogens with one attached hydrogen (secondary N) is 1. The standard InChI is InChI=1S/C17H33N3O/c1-14-11-15(2)13-20(12-14)8-4-7-18-17(21)16-5-9-19(3)10-6-16/h14-16H,4-13H2,1-3H3,(H,18,21)/t14-,15-/m0/s1. The number of carbonyl (C=O) groups is 1. The Morgan fingerprint density at radius 1 is 1.14 bits per heavy atom. The van der Waals surface area contributed by atoms with Gasteiger partial charge in [0.1, 0.15) is 0 Å². The number of hydrogen-bond acceptors (Lipinski definition) is 3. The molecule has 122 valence electrons. The number of carbonyl (C=O) groups excluding carboxylic acids is 1. The van der Waals surface area contributed by atoms with Gasteiger partial charge in [-0.2, -0.15) is 0 Å². The number of likely N-dealkylation sites (tertiary alicyclic amines) is 2. The highest BCUT2D eigenvalue weighted by atomic mass is 16.1. The minimum absolute atomic E-state index is 0.247. The molecule has 1 N–H and O–H groups in total. The van der Waals surface area contributed by atoms with Crippen LogP contribution in [0.5, 0.6) is 0 Å². The summed E-state index contributed by atoms with van der Waals surface area (Å²) in [4.78, 5) is 17.0. The zero-order valence-electron chi connectivity index (χ0n) is 14.1. The lowest BCUT2D eigenvalue weighted by molar-refractivity contribution is -0.126. The summed E-state index contributed by atoms with van der Waals surface area (Å²) in [7, 11) is 2.13. The molecule has 2 atom stereocenters. The van der Waals surface area contributed by atoms with E-state index in [0.29, 0.717) is 0 Å². The highest BCUT2D eigenvalue weighted by Gasteiger charge is 2.23. The summed E-state index contributed by atoms with van der Waals surface area (Å²) < 4.78 is 0. The maximum atomic E-state index is 12.1. The van der Waals surface area contributed by atoms with Crippen molar-refractivity contribution in [2.45, 2.75) is 39.5 Å². The van der Waals surface area contributed by atoms with Crippen LogP contribution in [0.3, 0.4) is 0 Å². The number of rotatable bonds is 5. The van der Waals surface area contributed by atoms with Crippen molar-refractivity contribution >= 4 is 5.91 Å². The molecule has 0 aromatic heterocycles. The van der Waals surface area contributed by atoms with E-state index in [1.54, 1.807) is 0 Å². The molecule has 2 aliphatic rings. The van der Waals surface area contributed by atoms with Crippen LogP contribution in [-0.4, -0.2) is 62.0 Å². The molecule has 0 saturated carbocycles. The van der Waals surface area contributed by atoms with Crippen molar-refractivity contribution in [3.05, 3.63) is 0 Å². The lowest BCUT2D eigenvalue weighted by atomic mass is 9.92. The van der Waals surface area contributed by atoms with Crippen LogP contribution in [0.15, 0.2) is 0 Å². The van der Waals surface area contributed by atoms with Gasteiger partial charge in [0.2, 0.25) is 5.91 Å². The Hall–Kier alpha value is -0.610. The van der Waals surface area contributed by atoms with Crippen molar-refractivity contribution in [3.63, 3.8) is 0 Å². The molecular formula is C17H33N3O. The molecule has 0 aromatic carbocycles. The van der Waals surface area contributed by atoms with Crippen molar-refractivity contribution in [1.29, 1.82) is 0 Å². The smallest absolute Gasteiger partial charge is 0.223 e. The molecule has 0 aliphatic carbocycles. The lowest BCUT2D eigenvalue weighted by Gasteiger charge is -2.35. The fourth-order valence-corrected chi connectivity index (χ4v) is 3.90. The Labute approximate surface area is 130 Å². The van der Waals surface area contributed by atoms with Gasteiger partial charge in [0.25, 0.3) is 0 Å². The minimum Gasteiger partial charge on any atom is -0.356 e. The van der Waals surface area contributed by atoms with E-state index in [2.05, 4.69) is 36.0 Å². The molecule has 0 unspecified atom stereocenters. The molecule has 4 heteroatoms. The molecule has 4 nitrogen and oxygen atoms in total. The van der Waals surface area contributed by atoms with Crippen molar-refractivity contribution in [3.8, 4) is 0 Å². The Kier molecular flexibility index (Phi) is 6.49. The first-order valence-electron chi connectivity index (χ1n) is 8.73. The largest absolute Gasteiger partial charge is 0.356 e. The second-order valence-electron chi connectivity index (χ2n) is 7.43. The Morgan fingerprint density at radius 2 is 1.76 bits per heavy atom. The zero-order chi connectivity index (χ0) is 15.2. The van der Waals surface area contributed by atoms with Gasteiger partial charge in [-0.25, -0.2) is 0 Å². The predicted molar refractivity (Wildman–Crippen MR) is 87.2 cm³/mol. The van der Waals surface area contributed by atoms with E-state index < -0.39 is 0 Å². The van der Waals surface area contributed by atoms with Crippen LogP contribution < -0.4 is 5.32 Å². The fourth-order valence-electron chi connectivity index (χ4n) is 3.90. The molecule has 2 aliphatic heterocycles. The lowest BCUT2D eigenvalue weighted by Crippen LogP contribution is -2.41. The quantitative estimate of drug-likeness (QED) is 0.786. The van der Waals surface area contributed by atoms with Gasteiger partial charge in [0.05, 0.1) is 0 Å². The average Bonchev–Trinajstić information content (AvgIpc) is 2.43. The second-order valence-corrected chi connectivity index (χ2v) is 7.43. The average molecular weight is 295 g/mol. The summed E-state index contributed by atoms with van der Waals surface area (Å²) >= 11 is 0. The van der Waals surface area contributed by atoms with Crippen molar-refractivity contribution < 1.29 is 4.79 Å². The number of piperidine rings is 2. The molecule has 2 heterocycles. The molecule has 0 bridgehead atoms. The summed E-state index contributed by atoms with van der Waals surface area (Å²) in [5.41, 5.74) is 0. The highest BCUT2D eigenvalue weighted by Crippen LogP contribution is 2.20. The van der Waals surface area contributed by atoms with Gasteiger partial charge in [-0.1, -0.05) is 13.8 Å². The topological polar surface area (TPSA) is 35.6 Å². The molecule has 0 spiro atoms. The van der Waals surface area contributed by atoms with Gasteiger partial charge in [0.15, 0.2) is 0 Å². The third-order valence-corrected chi connectivity index (χ3v) is 4.98. The Morgan fingerprint density at radius 3 is 2.38 bits per heavy atom. The molecular weight excluding hydrogens is 262 g/mol. The summed E-state index contributed by atoms with van der Waals surface area (Å²) in [6.45, 7) is 11.2. The SMILES string of the molecule is C[C@H]1C[C@H](C)CN(CCCNC(=O)C2CCN(C)CC2)C1.